The van der Waals surface area contributed by atoms with Crippen LogP contribution in [0.1, 0.15) is 13.8 Å². The molecule has 90 valence electrons. The first kappa shape index (κ1) is 12.3. The van der Waals surface area contributed by atoms with Crippen LogP contribution in [0.15, 0.2) is 22.7 Å². The number of nitrogens with zero attached hydrogens (tertiary/aromatic N) is 1. The van der Waals surface area contributed by atoms with E-state index in [2.05, 4.69) is 26.2 Å². The molecule has 4 nitrogen and oxygen atoms in total. The van der Waals surface area contributed by atoms with Crippen LogP contribution in [-0.2, 0) is 4.79 Å². The molecule has 0 bridgehead atoms. The molecule has 17 heavy (non-hydrogen) atoms. The largest absolute Gasteiger partial charge is 0.368 e. The molecule has 0 saturated carbocycles. The van der Waals surface area contributed by atoms with Crippen LogP contribution in [-0.4, -0.2) is 16.4 Å². The molecular formula is C11H12BrN3OS. The number of carbonyl (C=O) groups excluding carboxylic acids is 1. The zero-order valence-electron chi connectivity index (χ0n) is 9.45. The standard InChI is InChI=1S/C11H12BrN3OS/c1-11(2,9(13)16)15-10-14-7-4-3-6(12)5-8(7)17-10/h3-5H,1-2H3,(H2,13,16)(H,14,15). The lowest BCUT2D eigenvalue weighted by atomic mass is 10.1. The minimum atomic E-state index is -0.800. The molecule has 2 aromatic rings. The summed E-state index contributed by atoms with van der Waals surface area (Å²) in [6.45, 7) is 3.47. The summed E-state index contributed by atoms with van der Waals surface area (Å²) < 4.78 is 2.07. The highest BCUT2D eigenvalue weighted by atomic mass is 79.9. The smallest absolute Gasteiger partial charge is 0.242 e. The molecule has 0 saturated heterocycles. The minimum Gasteiger partial charge on any atom is -0.368 e. The Kier molecular flexibility index (Phi) is 3.09. The SMILES string of the molecule is CC(C)(Nc1nc2ccc(Br)cc2s1)C(N)=O. The number of benzene rings is 1. The molecule has 6 heteroatoms. The summed E-state index contributed by atoms with van der Waals surface area (Å²) in [6, 6.07) is 5.86. The van der Waals surface area contributed by atoms with Gasteiger partial charge in [-0.05, 0) is 32.0 Å². The second-order valence-corrected chi connectivity index (χ2v) is 6.19. The highest BCUT2D eigenvalue weighted by Gasteiger charge is 2.25. The Morgan fingerprint density at radius 3 is 2.88 bits per heavy atom. The fourth-order valence-corrected chi connectivity index (χ4v) is 2.86. The minimum absolute atomic E-state index is 0.405. The molecule has 0 spiro atoms. The molecule has 2 rings (SSSR count). The lowest BCUT2D eigenvalue weighted by molar-refractivity contribution is -0.121. The van der Waals surface area contributed by atoms with Crippen LogP contribution in [0.3, 0.4) is 0 Å². The first-order valence-electron chi connectivity index (χ1n) is 5.03. The van der Waals surface area contributed by atoms with Gasteiger partial charge in [0.1, 0.15) is 5.54 Å². The van der Waals surface area contributed by atoms with Crippen LogP contribution in [0.25, 0.3) is 10.2 Å². The van der Waals surface area contributed by atoms with Crippen LogP contribution >= 0.6 is 27.3 Å². The van der Waals surface area contributed by atoms with Crippen molar-refractivity contribution in [2.45, 2.75) is 19.4 Å². The van der Waals surface area contributed by atoms with E-state index in [1.807, 2.05) is 18.2 Å². The number of aromatic nitrogens is 1. The number of nitrogens with two attached hydrogens (primary N) is 1. The van der Waals surface area contributed by atoms with Gasteiger partial charge in [-0.1, -0.05) is 27.3 Å². The van der Waals surface area contributed by atoms with Gasteiger partial charge >= 0.3 is 0 Å². The van der Waals surface area contributed by atoms with Crippen LogP contribution in [0.4, 0.5) is 5.13 Å². The molecule has 0 radical (unpaired) electrons. The Morgan fingerprint density at radius 1 is 1.53 bits per heavy atom. The van der Waals surface area contributed by atoms with Gasteiger partial charge in [0.25, 0.3) is 0 Å². The van der Waals surface area contributed by atoms with Gasteiger partial charge in [0.05, 0.1) is 10.2 Å². The van der Waals surface area contributed by atoms with Crippen molar-refractivity contribution >= 4 is 48.5 Å². The van der Waals surface area contributed by atoms with Gasteiger partial charge in [0.15, 0.2) is 5.13 Å². The maximum Gasteiger partial charge on any atom is 0.242 e. The third-order valence-electron chi connectivity index (χ3n) is 2.39. The van der Waals surface area contributed by atoms with Crippen molar-refractivity contribution in [1.82, 2.24) is 4.98 Å². The van der Waals surface area contributed by atoms with E-state index in [0.29, 0.717) is 5.13 Å². The first-order valence-corrected chi connectivity index (χ1v) is 6.63. The molecule has 0 aliphatic rings. The van der Waals surface area contributed by atoms with Crippen molar-refractivity contribution in [3.05, 3.63) is 22.7 Å². The topological polar surface area (TPSA) is 68.0 Å². The summed E-state index contributed by atoms with van der Waals surface area (Å²) in [5.41, 5.74) is 5.41. The maximum absolute atomic E-state index is 11.2. The molecule has 3 N–H and O–H groups in total. The highest BCUT2D eigenvalue weighted by molar-refractivity contribution is 9.10. The number of halogens is 1. The van der Waals surface area contributed by atoms with Gasteiger partial charge in [-0.3, -0.25) is 4.79 Å². The van der Waals surface area contributed by atoms with E-state index in [1.165, 1.54) is 11.3 Å². The number of thiazole rings is 1. The van der Waals surface area contributed by atoms with Crippen molar-refractivity contribution in [3.63, 3.8) is 0 Å². The Bertz CT molecular complexity index is 579. The summed E-state index contributed by atoms with van der Waals surface area (Å²) in [5, 5.41) is 3.74. The van der Waals surface area contributed by atoms with Crippen LogP contribution in [0.5, 0.6) is 0 Å². The molecule has 0 fully saturated rings. The van der Waals surface area contributed by atoms with E-state index in [-0.39, 0.29) is 0 Å². The van der Waals surface area contributed by atoms with Crippen LogP contribution in [0.2, 0.25) is 0 Å². The Morgan fingerprint density at radius 2 is 2.24 bits per heavy atom. The molecule has 1 amide bonds. The van der Waals surface area contributed by atoms with Crippen molar-refractivity contribution in [3.8, 4) is 0 Å². The average Bonchev–Trinajstić information content (AvgIpc) is 2.57. The van der Waals surface area contributed by atoms with Gasteiger partial charge in [0.2, 0.25) is 5.91 Å². The second kappa shape index (κ2) is 4.27. The summed E-state index contributed by atoms with van der Waals surface area (Å²) in [7, 11) is 0. The molecule has 0 unspecified atom stereocenters. The van der Waals surface area contributed by atoms with Crippen molar-refractivity contribution in [2.24, 2.45) is 5.73 Å². The summed E-state index contributed by atoms with van der Waals surface area (Å²) in [6.07, 6.45) is 0. The second-order valence-electron chi connectivity index (χ2n) is 4.25. The summed E-state index contributed by atoms with van der Waals surface area (Å²) in [5.74, 6) is -0.405. The molecule has 0 aliphatic heterocycles. The van der Waals surface area contributed by atoms with E-state index in [4.69, 9.17) is 5.73 Å². The van der Waals surface area contributed by atoms with E-state index < -0.39 is 11.4 Å². The molecule has 1 aromatic carbocycles. The zero-order valence-corrected chi connectivity index (χ0v) is 11.9. The lowest BCUT2D eigenvalue weighted by Gasteiger charge is -2.21. The highest BCUT2D eigenvalue weighted by Crippen LogP contribution is 2.29. The number of anilines is 1. The molecule has 0 atom stereocenters. The lowest BCUT2D eigenvalue weighted by Crippen LogP contribution is -2.44. The van der Waals surface area contributed by atoms with Crippen LogP contribution in [0, 0.1) is 0 Å². The number of primary amides is 1. The van der Waals surface area contributed by atoms with E-state index in [9.17, 15) is 4.79 Å². The predicted molar refractivity (Wildman–Crippen MR) is 74.2 cm³/mol. The Labute approximate surface area is 111 Å². The van der Waals surface area contributed by atoms with E-state index >= 15 is 0 Å². The number of fused-ring (bicyclic) bond motifs is 1. The van der Waals surface area contributed by atoms with Gasteiger partial charge in [-0.2, -0.15) is 0 Å². The van der Waals surface area contributed by atoms with Gasteiger partial charge < -0.3 is 11.1 Å². The summed E-state index contributed by atoms with van der Waals surface area (Å²) >= 11 is 4.91. The summed E-state index contributed by atoms with van der Waals surface area (Å²) in [4.78, 5) is 15.6. The third kappa shape index (κ3) is 2.58. The fourth-order valence-electron chi connectivity index (χ4n) is 1.28. The number of rotatable bonds is 3. The number of hydrogen-bond acceptors (Lipinski definition) is 4. The third-order valence-corrected chi connectivity index (χ3v) is 3.81. The predicted octanol–water partition coefficient (Wildman–Crippen LogP) is 2.73. The van der Waals surface area contributed by atoms with Crippen LogP contribution < -0.4 is 11.1 Å². The molecular weight excluding hydrogens is 302 g/mol. The van der Waals surface area contributed by atoms with Crippen molar-refractivity contribution < 1.29 is 4.79 Å². The quantitative estimate of drug-likeness (QED) is 0.915. The molecule has 1 aromatic heterocycles. The maximum atomic E-state index is 11.2. The molecule has 1 heterocycles. The van der Waals surface area contributed by atoms with Gasteiger partial charge in [-0.15, -0.1) is 0 Å². The van der Waals surface area contributed by atoms with Gasteiger partial charge in [0, 0.05) is 4.47 Å². The van der Waals surface area contributed by atoms with Crippen molar-refractivity contribution in [2.75, 3.05) is 5.32 Å². The van der Waals surface area contributed by atoms with Crippen molar-refractivity contribution in [1.29, 1.82) is 0 Å². The number of amides is 1. The first-order chi connectivity index (χ1) is 7.88. The molecule has 0 aliphatic carbocycles. The normalized spacial score (nSPS) is 11.7. The number of carbonyl (C=O) groups is 1. The Balaban J connectivity index is 2.34. The Hall–Kier alpha value is -1.14. The number of nitrogens with one attached hydrogen (secondary N) is 1. The zero-order chi connectivity index (χ0) is 12.6. The van der Waals surface area contributed by atoms with E-state index in [0.717, 1.165) is 14.7 Å². The number of hydrogen-bond donors (Lipinski definition) is 2. The van der Waals surface area contributed by atoms with Gasteiger partial charge in [-0.25, -0.2) is 4.98 Å². The van der Waals surface area contributed by atoms with E-state index in [1.54, 1.807) is 13.8 Å². The fraction of sp³-hybridized carbons (Fsp3) is 0.273. The monoisotopic (exact) mass is 313 g/mol. The average molecular weight is 314 g/mol.